The molecule has 3 N–H and O–H groups in total. The summed E-state index contributed by atoms with van der Waals surface area (Å²) in [6.07, 6.45) is -0.257. The highest BCUT2D eigenvalue weighted by Gasteiger charge is 2.71. The first-order valence-electron chi connectivity index (χ1n) is 11.0. The van der Waals surface area contributed by atoms with Crippen molar-refractivity contribution in [3.8, 4) is 0 Å². The van der Waals surface area contributed by atoms with Crippen molar-refractivity contribution in [3.05, 3.63) is 0 Å². The molecule has 2 aliphatic heterocycles. The van der Waals surface area contributed by atoms with Gasteiger partial charge in [0.05, 0.1) is 11.0 Å². The fourth-order valence-electron chi connectivity index (χ4n) is 7.32. The highest BCUT2D eigenvalue weighted by Crippen LogP contribution is 2.67. The van der Waals surface area contributed by atoms with Gasteiger partial charge in [-0.15, -0.1) is 0 Å². The van der Waals surface area contributed by atoms with Crippen LogP contribution in [-0.2, 0) is 23.7 Å². The van der Waals surface area contributed by atoms with Crippen LogP contribution in [0.4, 0.5) is 0 Å². The number of methoxy groups -OCH3 is 2. The Balaban J connectivity index is 1.64. The first-order valence-corrected chi connectivity index (χ1v) is 11.0. The molecule has 0 aromatic rings. The van der Waals surface area contributed by atoms with Crippen molar-refractivity contribution in [2.45, 2.75) is 95.3 Å². The average molecular weight is 429 g/mol. The van der Waals surface area contributed by atoms with E-state index in [4.69, 9.17) is 18.9 Å². The summed E-state index contributed by atoms with van der Waals surface area (Å²) in [5.41, 5.74) is -3.98. The summed E-state index contributed by atoms with van der Waals surface area (Å²) in [5, 5.41) is 34.0. The Hall–Kier alpha value is -0.770. The van der Waals surface area contributed by atoms with Crippen LogP contribution in [0.1, 0.15) is 59.3 Å². The number of hydrogen-bond acceptors (Lipinski definition) is 8. The number of ether oxygens (including phenoxy) is 4. The molecule has 10 atom stereocenters. The van der Waals surface area contributed by atoms with Gasteiger partial charge < -0.3 is 34.3 Å². The third-order valence-electron chi connectivity index (χ3n) is 9.04. The molecular formula is C22H36O8. The quantitative estimate of drug-likeness (QED) is 0.562. The molecule has 0 spiro atoms. The monoisotopic (exact) mass is 428 g/mol. The lowest BCUT2D eigenvalue weighted by Gasteiger charge is -2.61. The molecule has 8 heteroatoms. The summed E-state index contributed by atoms with van der Waals surface area (Å²) in [6.45, 7) is 6.02. The number of carbonyl (C=O) groups excluding carboxylic acids is 1. The molecule has 4 fully saturated rings. The van der Waals surface area contributed by atoms with Crippen LogP contribution in [0.25, 0.3) is 0 Å². The summed E-state index contributed by atoms with van der Waals surface area (Å²) >= 11 is 0. The topological polar surface area (TPSA) is 115 Å². The molecule has 0 aromatic carbocycles. The molecule has 30 heavy (non-hydrogen) atoms. The van der Waals surface area contributed by atoms with Gasteiger partial charge in [0.1, 0.15) is 17.8 Å². The van der Waals surface area contributed by atoms with E-state index >= 15 is 0 Å². The Morgan fingerprint density at radius 3 is 2.47 bits per heavy atom. The average Bonchev–Trinajstić information content (AvgIpc) is 3.10. The molecule has 0 aromatic heterocycles. The molecule has 2 saturated carbocycles. The van der Waals surface area contributed by atoms with E-state index in [0.717, 1.165) is 19.3 Å². The lowest BCUT2D eigenvalue weighted by molar-refractivity contribution is -0.238. The third kappa shape index (κ3) is 2.70. The van der Waals surface area contributed by atoms with Gasteiger partial charge in [-0.3, -0.25) is 4.79 Å². The molecule has 2 heterocycles. The molecule has 2 aliphatic carbocycles. The fraction of sp³-hybridized carbons (Fsp3) is 0.955. The van der Waals surface area contributed by atoms with Gasteiger partial charge in [0, 0.05) is 25.6 Å². The predicted molar refractivity (Wildman–Crippen MR) is 105 cm³/mol. The van der Waals surface area contributed by atoms with Crippen LogP contribution in [0.15, 0.2) is 0 Å². The minimum atomic E-state index is -1.71. The van der Waals surface area contributed by atoms with Gasteiger partial charge in [0.25, 0.3) is 0 Å². The Kier molecular flexibility index (Phi) is 5.32. The highest BCUT2D eigenvalue weighted by molar-refractivity contribution is 5.80. The van der Waals surface area contributed by atoms with Gasteiger partial charge in [0.15, 0.2) is 12.6 Å². The molecule has 4 rings (SSSR count). The van der Waals surface area contributed by atoms with E-state index < -0.39 is 40.7 Å². The maximum Gasteiger partial charge on any atom is 0.312 e. The Bertz CT molecular complexity index is 697. The lowest BCUT2D eigenvalue weighted by atomic mass is 9.44. The zero-order chi connectivity index (χ0) is 22.1. The summed E-state index contributed by atoms with van der Waals surface area (Å²) in [6, 6.07) is 0. The SMILES string of the molecule is CO[C@@H]1O[C@H](OC)[C@](O)(CC[C@]2(O)[C@@H](C)C[C@H]3OC(=O)[C@]4(C)CCC[C@@]2(C)[C@H]34)[C@@H]1O. The van der Waals surface area contributed by atoms with Crippen LogP contribution in [-0.4, -0.2) is 71.5 Å². The number of rotatable bonds is 5. The normalized spacial score (nSPS) is 55.4. The van der Waals surface area contributed by atoms with Crippen molar-refractivity contribution in [2.24, 2.45) is 22.7 Å². The molecule has 8 nitrogen and oxygen atoms in total. The fourth-order valence-corrected chi connectivity index (χ4v) is 7.32. The van der Waals surface area contributed by atoms with E-state index in [9.17, 15) is 20.1 Å². The van der Waals surface area contributed by atoms with Crippen molar-refractivity contribution in [1.29, 1.82) is 0 Å². The van der Waals surface area contributed by atoms with Crippen molar-refractivity contribution in [1.82, 2.24) is 0 Å². The Morgan fingerprint density at radius 1 is 1.13 bits per heavy atom. The maximum atomic E-state index is 12.7. The standard InChI is InChI=1S/C22H36O8/c1-12-11-13-14-19(2,17(24)29-13)7-6-8-20(14,3)22(12,26)10-9-21(25)15(23)16(27-4)30-18(21)28-5/h12-16,18,23,25-26H,6-11H2,1-5H3/t12-,13+,14+,15+,16+,18-,19+,20-,21-,22-/m0/s1. The number of carbonyl (C=O) groups is 1. The van der Waals surface area contributed by atoms with Gasteiger partial charge in [-0.1, -0.05) is 20.3 Å². The number of esters is 1. The molecule has 0 amide bonds. The molecule has 4 aliphatic rings. The Labute approximate surface area is 177 Å². The van der Waals surface area contributed by atoms with E-state index in [1.807, 2.05) is 13.8 Å². The summed E-state index contributed by atoms with van der Waals surface area (Å²) < 4.78 is 21.7. The van der Waals surface area contributed by atoms with Crippen molar-refractivity contribution < 1.29 is 39.1 Å². The van der Waals surface area contributed by atoms with E-state index in [0.29, 0.717) is 6.42 Å². The van der Waals surface area contributed by atoms with Crippen LogP contribution in [0.3, 0.4) is 0 Å². The molecule has 0 bridgehead atoms. The number of hydrogen-bond donors (Lipinski definition) is 3. The van der Waals surface area contributed by atoms with Crippen molar-refractivity contribution >= 4 is 5.97 Å². The summed E-state index contributed by atoms with van der Waals surface area (Å²) in [4.78, 5) is 12.7. The Morgan fingerprint density at radius 2 is 1.83 bits per heavy atom. The van der Waals surface area contributed by atoms with Gasteiger partial charge >= 0.3 is 5.97 Å². The zero-order valence-electron chi connectivity index (χ0n) is 18.6. The largest absolute Gasteiger partial charge is 0.462 e. The van der Waals surface area contributed by atoms with Crippen LogP contribution in [0, 0.1) is 22.7 Å². The number of aliphatic hydroxyl groups is 3. The van der Waals surface area contributed by atoms with Crippen LogP contribution in [0.5, 0.6) is 0 Å². The third-order valence-corrected chi connectivity index (χ3v) is 9.04. The van der Waals surface area contributed by atoms with E-state index in [2.05, 4.69) is 6.92 Å². The first kappa shape index (κ1) is 22.4. The van der Waals surface area contributed by atoms with E-state index in [1.165, 1.54) is 14.2 Å². The minimum absolute atomic E-state index is 0.0724. The molecular weight excluding hydrogens is 392 g/mol. The van der Waals surface area contributed by atoms with Crippen LogP contribution < -0.4 is 0 Å². The van der Waals surface area contributed by atoms with Crippen LogP contribution >= 0.6 is 0 Å². The summed E-state index contributed by atoms with van der Waals surface area (Å²) in [7, 11) is 2.79. The van der Waals surface area contributed by atoms with Crippen molar-refractivity contribution in [3.63, 3.8) is 0 Å². The minimum Gasteiger partial charge on any atom is -0.462 e. The molecule has 0 unspecified atom stereocenters. The smallest absolute Gasteiger partial charge is 0.312 e. The van der Waals surface area contributed by atoms with Gasteiger partial charge in [-0.05, 0) is 44.9 Å². The van der Waals surface area contributed by atoms with Gasteiger partial charge in [-0.25, -0.2) is 0 Å². The second-order valence-corrected chi connectivity index (χ2v) is 10.4. The maximum absolute atomic E-state index is 12.7. The molecule has 0 radical (unpaired) electrons. The van der Waals surface area contributed by atoms with Crippen LogP contribution in [0.2, 0.25) is 0 Å². The first-order chi connectivity index (χ1) is 14.0. The van der Waals surface area contributed by atoms with E-state index in [-0.39, 0.29) is 36.8 Å². The number of aliphatic hydroxyl groups excluding tert-OH is 1. The predicted octanol–water partition coefficient (Wildman–Crippen LogP) is 1.34. The van der Waals surface area contributed by atoms with E-state index in [1.54, 1.807) is 0 Å². The zero-order valence-corrected chi connectivity index (χ0v) is 18.6. The van der Waals surface area contributed by atoms with Crippen molar-refractivity contribution in [2.75, 3.05) is 14.2 Å². The molecule has 172 valence electrons. The second-order valence-electron chi connectivity index (χ2n) is 10.4. The summed E-state index contributed by atoms with van der Waals surface area (Å²) in [5.74, 6) is -0.364. The molecule has 2 saturated heterocycles. The second kappa shape index (κ2) is 7.12. The lowest BCUT2D eigenvalue weighted by Crippen LogP contribution is -2.65. The van der Waals surface area contributed by atoms with Gasteiger partial charge in [0.2, 0.25) is 0 Å². The highest BCUT2D eigenvalue weighted by atomic mass is 16.8. The van der Waals surface area contributed by atoms with Gasteiger partial charge in [-0.2, -0.15) is 0 Å².